The van der Waals surface area contributed by atoms with Crippen molar-refractivity contribution in [3.05, 3.63) is 70.9 Å². The summed E-state index contributed by atoms with van der Waals surface area (Å²) in [4.78, 5) is 21.6. The zero-order chi connectivity index (χ0) is 24.1. The number of benzene rings is 1. The number of hydrogen-bond donors (Lipinski definition) is 1. The van der Waals surface area contributed by atoms with Crippen LogP contribution in [-0.4, -0.2) is 46.3 Å². The molecule has 0 aliphatic heterocycles. The van der Waals surface area contributed by atoms with E-state index in [2.05, 4.69) is 34.3 Å². The maximum absolute atomic E-state index is 14.4. The highest BCUT2D eigenvalue weighted by atomic mass is 19.1. The second-order valence-corrected chi connectivity index (χ2v) is 9.39. The second kappa shape index (κ2) is 8.16. The van der Waals surface area contributed by atoms with E-state index in [1.54, 1.807) is 19.4 Å². The van der Waals surface area contributed by atoms with E-state index in [-0.39, 0.29) is 34.2 Å². The molecule has 0 spiro atoms. The number of halogens is 2. The zero-order valence-corrected chi connectivity index (χ0v) is 19.2. The Kier molecular flexibility index (Phi) is 5.39. The number of ether oxygens (including phenoxy) is 1. The van der Waals surface area contributed by atoms with Crippen molar-refractivity contribution in [3.63, 3.8) is 0 Å². The molecule has 34 heavy (non-hydrogen) atoms. The third-order valence-corrected chi connectivity index (χ3v) is 7.50. The number of carbonyl (C=O) groups excluding carboxylic acids is 1. The smallest absolute Gasteiger partial charge is 0.271 e. The Bertz CT molecular complexity index is 1260. The molecule has 1 N–H and O–H groups in total. The van der Waals surface area contributed by atoms with E-state index in [0.29, 0.717) is 18.8 Å². The first-order chi connectivity index (χ1) is 16.3. The van der Waals surface area contributed by atoms with Gasteiger partial charge in [-0.05, 0) is 47.9 Å². The molecule has 7 nitrogen and oxygen atoms in total. The molecule has 2 heterocycles. The highest BCUT2D eigenvalue weighted by Crippen LogP contribution is 2.69. The molecule has 0 unspecified atom stereocenters. The van der Waals surface area contributed by atoms with Crippen molar-refractivity contribution in [1.82, 2.24) is 25.5 Å². The van der Waals surface area contributed by atoms with Gasteiger partial charge in [0.2, 0.25) is 0 Å². The monoisotopic (exact) mass is 465 g/mol. The normalized spacial score (nSPS) is 22.0. The molecule has 2 aliphatic rings. The predicted octanol–water partition coefficient (Wildman–Crippen LogP) is 3.79. The van der Waals surface area contributed by atoms with Crippen molar-refractivity contribution in [2.24, 2.45) is 5.41 Å². The number of amides is 1. The summed E-state index contributed by atoms with van der Waals surface area (Å²) in [5, 5.41) is 11.5. The molecule has 3 aromatic rings. The molecule has 1 saturated carbocycles. The van der Waals surface area contributed by atoms with E-state index in [4.69, 9.17) is 9.72 Å². The molecule has 0 radical (unpaired) electrons. The van der Waals surface area contributed by atoms with E-state index >= 15 is 0 Å². The van der Waals surface area contributed by atoms with Crippen LogP contribution >= 0.6 is 0 Å². The number of carbonyl (C=O) groups is 1. The highest BCUT2D eigenvalue weighted by Gasteiger charge is 2.65. The average Bonchev–Trinajstić information content (AvgIpc) is 3.20. The van der Waals surface area contributed by atoms with Gasteiger partial charge in [0.1, 0.15) is 17.3 Å². The maximum atomic E-state index is 14.4. The van der Waals surface area contributed by atoms with Gasteiger partial charge < -0.3 is 10.1 Å². The number of rotatable bonds is 6. The first-order valence-corrected chi connectivity index (χ1v) is 11.2. The topological polar surface area (TPSA) is 89.9 Å². The molecule has 2 bridgehead atoms. The van der Waals surface area contributed by atoms with E-state index in [1.807, 2.05) is 0 Å². The first-order valence-electron chi connectivity index (χ1n) is 11.2. The number of methoxy groups -OCH3 is 1. The van der Waals surface area contributed by atoms with Crippen LogP contribution in [0.5, 0.6) is 0 Å². The molecule has 1 aromatic carbocycles. The van der Waals surface area contributed by atoms with Crippen molar-refractivity contribution < 1.29 is 18.3 Å². The Morgan fingerprint density at radius 1 is 1.21 bits per heavy atom. The van der Waals surface area contributed by atoms with Crippen LogP contribution in [0.4, 0.5) is 8.78 Å². The molecule has 1 amide bonds. The van der Waals surface area contributed by atoms with Crippen LogP contribution in [0.3, 0.4) is 0 Å². The SMILES string of the molecule is COCCNC(=O)c1cncc([C@@]23CC[C@@H](c4cc(-c5c(F)cccc5F)nnc42)C3(C)C)n1. The average molecular weight is 466 g/mol. The lowest BCUT2D eigenvalue weighted by Crippen LogP contribution is -2.38. The number of fused-ring (bicyclic) bond motifs is 5. The van der Waals surface area contributed by atoms with Gasteiger partial charge in [-0.2, -0.15) is 5.10 Å². The highest BCUT2D eigenvalue weighted by molar-refractivity contribution is 5.92. The number of nitrogens with one attached hydrogen (secondary N) is 1. The van der Waals surface area contributed by atoms with Gasteiger partial charge in [-0.15, -0.1) is 5.10 Å². The molecule has 2 aromatic heterocycles. The third kappa shape index (κ3) is 3.14. The minimum Gasteiger partial charge on any atom is -0.383 e. The molecule has 1 fully saturated rings. The van der Waals surface area contributed by atoms with Gasteiger partial charge in [-0.3, -0.25) is 9.78 Å². The Morgan fingerprint density at radius 3 is 2.71 bits per heavy atom. The number of nitrogens with zero attached hydrogens (tertiary/aromatic N) is 4. The lowest BCUT2D eigenvalue weighted by molar-refractivity contribution is 0.0930. The molecule has 2 aliphatic carbocycles. The van der Waals surface area contributed by atoms with Crippen LogP contribution in [0.1, 0.15) is 60.0 Å². The molecule has 9 heteroatoms. The summed E-state index contributed by atoms with van der Waals surface area (Å²) < 4.78 is 33.8. The lowest BCUT2D eigenvalue weighted by Gasteiger charge is -2.37. The van der Waals surface area contributed by atoms with Crippen molar-refractivity contribution >= 4 is 5.91 Å². The summed E-state index contributed by atoms with van der Waals surface area (Å²) in [7, 11) is 1.56. The second-order valence-electron chi connectivity index (χ2n) is 9.39. The molecular formula is C25H25F2N5O2. The minimum atomic E-state index is -0.676. The van der Waals surface area contributed by atoms with E-state index in [9.17, 15) is 13.6 Å². The molecule has 5 rings (SSSR count). The Morgan fingerprint density at radius 2 is 1.97 bits per heavy atom. The van der Waals surface area contributed by atoms with Gasteiger partial charge in [0.15, 0.2) is 0 Å². The molecular weight excluding hydrogens is 440 g/mol. The van der Waals surface area contributed by atoms with Crippen LogP contribution in [0.15, 0.2) is 36.7 Å². The van der Waals surface area contributed by atoms with Crippen LogP contribution in [-0.2, 0) is 10.2 Å². The largest absolute Gasteiger partial charge is 0.383 e. The summed E-state index contributed by atoms with van der Waals surface area (Å²) >= 11 is 0. The molecule has 2 atom stereocenters. The Labute approximate surface area is 196 Å². The predicted molar refractivity (Wildman–Crippen MR) is 120 cm³/mol. The van der Waals surface area contributed by atoms with Crippen molar-refractivity contribution in [2.45, 2.75) is 38.0 Å². The molecule has 0 saturated heterocycles. The number of aromatic nitrogens is 4. The van der Waals surface area contributed by atoms with Crippen molar-refractivity contribution in [3.8, 4) is 11.3 Å². The van der Waals surface area contributed by atoms with E-state index in [0.717, 1.165) is 24.1 Å². The summed E-state index contributed by atoms with van der Waals surface area (Å²) in [6, 6.07) is 5.51. The van der Waals surface area contributed by atoms with Gasteiger partial charge in [0.25, 0.3) is 5.91 Å². The first kappa shape index (κ1) is 22.5. The van der Waals surface area contributed by atoms with Crippen LogP contribution in [0.2, 0.25) is 0 Å². The van der Waals surface area contributed by atoms with Gasteiger partial charge in [-0.1, -0.05) is 19.9 Å². The zero-order valence-electron chi connectivity index (χ0n) is 19.2. The van der Waals surface area contributed by atoms with Gasteiger partial charge in [-0.25, -0.2) is 13.8 Å². The third-order valence-electron chi connectivity index (χ3n) is 7.50. The van der Waals surface area contributed by atoms with Gasteiger partial charge in [0.05, 0.1) is 40.9 Å². The molecule has 176 valence electrons. The maximum Gasteiger partial charge on any atom is 0.271 e. The Hall–Kier alpha value is -3.33. The summed E-state index contributed by atoms with van der Waals surface area (Å²) in [6.45, 7) is 5.04. The fourth-order valence-corrected chi connectivity index (χ4v) is 5.79. The van der Waals surface area contributed by atoms with Crippen LogP contribution in [0.25, 0.3) is 11.3 Å². The van der Waals surface area contributed by atoms with Crippen molar-refractivity contribution in [1.29, 1.82) is 0 Å². The van der Waals surface area contributed by atoms with Crippen LogP contribution in [0, 0.1) is 17.0 Å². The summed E-state index contributed by atoms with van der Waals surface area (Å²) in [6.07, 6.45) is 4.74. The quantitative estimate of drug-likeness (QED) is 0.557. The fourth-order valence-electron chi connectivity index (χ4n) is 5.79. The van der Waals surface area contributed by atoms with Crippen LogP contribution < -0.4 is 5.32 Å². The van der Waals surface area contributed by atoms with E-state index < -0.39 is 17.0 Å². The van der Waals surface area contributed by atoms with Crippen molar-refractivity contribution in [2.75, 3.05) is 20.3 Å². The van der Waals surface area contributed by atoms with E-state index in [1.165, 1.54) is 24.4 Å². The summed E-state index contributed by atoms with van der Waals surface area (Å²) in [5.74, 6) is -1.58. The number of hydrogen-bond acceptors (Lipinski definition) is 6. The summed E-state index contributed by atoms with van der Waals surface area (Å²) in [5.41, 5.74) is 1.59. The minimum absolute atomic E-state index is 0.104. The van der Waals surface area contributed by atoms with Gasteiger partial charge in [0, 0.05) is 19.9 Å². The standard InChI is InChI=1S/C25H25F2N5O2/c1-24(2)15-7-8-25(24,20-13-28-12-19(30-20)23(33)29-9-10-34-3)22-14(15)11-18(31-32-22)21-16(26)5-4-6-17(21)27/h4-6,11-13,15H,7-10H2,1-3H3,(H,29,33)/t15-,25-/m0/s1. The fraction of sp³-hybridized carbons (Fsp3) is 0.400. The Balaban J connectivity index is 1.59. The van der Waals surface area contributed by atoms with Gasteiger partial charge >= 0.3 is 0 Å². The lowest BCUT2D eigenvalue weighted by atomic mass is 9.66.